The standard InChI is InChI=1S/C34H31FN6O4/c1-3-4-12-30-36-21(2)28(19-31-37-29(39-44-31)18-23-8-7-9-25(35)17-23)33(42)41(30)20-22-13-15-24(16-14-22)26-10-5-6-11-27(26)32-38-34(43)45-40-32/h5-11,13-17H,3-4,12,18-20H2,1-2H3,(H,38,40,43). The van der Waals surface area contributed by atoms with Crippen LogP contribution in [0, 0.1) is 12.7 Å². The van der Waals surface area contributed by atoms with Crippen LogP contribution in [0.1, 0.15) is 59.7 Å². The van der Waals surface area contributed by atoms with E-state index in [-0.39, 0.29) is 17.8 Å². The molecule has 6 rings (SSSR count). The van der Waals surface area contributed by atoms with Crippen LogP contribution in [0.5, 0.6) is 0 Å². The number of aromatic amines is 1. The van der Waals surface area contributed by atoms with Crippen LogP contribution in [0.15, 0.2) is 91.4 Å². The molecule has 0 saturated heterocycles. The van der Waals surface area contributed by atoms with Crippen LogP contribution in [0.4, 0.5) is 4.39 Å². The number of H-pyrrole nitrogens is 1. The molecule has 3 aromatic heterocycles. The fourth-order valence-electron chi connectivity index (χ4n) is 5.32. The van der Waals surface area contributed by atoms with Crippen LogP contribution in [0.2, 0.25) is 0 Å². The minimum atomic E-state index is -0.617. The van der Waals surface area contributed by atoms with E-state index in [9.17, 15) is 14.0 Å². The smallest absolute Gasteiger partial charge is 0.339 e. The second-order valence-corrected chi connectivity index (χ2v) is 10.9. The van der Waals surface area contributed by atoms with E-state index in [1.54, 1.807) is 16.7 Å². The SMILES string of the molecule is CCCCc1nc(C)c(Cc2nc(Cc3cccc(F)c3)no2)c(=O)n1Cc1ccc(-c2ccccc2-c2noc(=O)[nH]2)cc1. The Morgan fingerprint density at radius 3 is 2.40 bits per heavy atom. The fraction of sp³-hybridized carbons (Fsp3) is 0.235. The van der Waals surface area contributed by atoms with Gasteiger partial charge in [-0.05, 0) is 47.7 Å². The highest BCUT2D eigenvalue weighted by Gasteiger charge is 2.19. The molecule has 0 amide bonds. The van der Waals surface area contributed by atoms with Gasteiger partial charge in [-0.15, -0.1) is 0 Å². The molecule has 3 aromatic carbocycles. The van der Waals surface area contributed by atoms with Gasteiger partial charge in [-0.1, -0.05) is 84.3 Å². The topological polar surface area (TPSA) is 133 Å². The molecule has 0 unspecified atom stereocenters. The Morgan fingerprint density at radius 2 is 1.67 bits per heavy atom. The monoisotopic (exact) mass is 606 g/mol. The van der Waals surface area contributed by atoms with Gasteiger partial charge in [0.1, 0.15) is 11.6 Å². The number of aryl methyl sites for hydroxylation is 2. The van der Waals surface area contributed by atoms with Crippen molar-refractivity contribution in [3.8, 4) is 22.5 Å². The summed E-state index contributed by atoms with van der Waals surface area (Å²) in [5.74, 6) is 0.849. The Bertz CT molecular complexity index is 2060. The summed E-state index contributed by atoms with van der Waals surface area (Å²) in [5.41, 5.74) is 5.16. The van der Waals surface area contributed by atoms with E-state index in [1.807, 2.05) is 55.5 Å². The molecule has 0 aliphatic rings. The third-order valence-corrected chi connectivity index (χ3v) is 7.62. The zero-order valence-corrected chi connectivity index (χ0v) is 24.9. The molecule has 0 spiro atoms. The maximum atomic E-state index is 14.0. The summed E-state index contributed by atoms with van der Waals surface area (Å²) < 4.78 is 25.5. The van der Waals surface area contributed by atoms with Gasteiger partial charge in [0.25, 0.3) is 5.56 Å². The first-order valence-electron chi connectivity index (χ1n) is 14.8. The van der Waals surface area contributed by atoms with E-state index in [0.717, 1.165) is 46.5 Å². The van der Waals surface area contributed by atoms with Crippen molar-refractivity contribution in [3.63, 3.8) is 0 Å². The Kier molecular flexibility index (Phi) is 8.58. The first kappa shape index (κ1) is 29.6. The van der Waals surface area contributed by atoms with Crippen LogP contribution in [0.25, 0.3) is 22.5 Å². The highest BCUT2D eigenvalue weighted by atomic mass is 19.1. The van der Waals surface area contributed by atoms with Crippen LogP contribution >= 0.6 is 0 Å². The zero-order valence-electron chi connectivity index (χ0n) is 24.9. The van der Waals surface area contributed by atoms with E-state index in [1.165, 1.54) is 12.1 Å². The van der Waals surface area contributed by atoms with Crippen LogP contribution in [0.3, 0.4) is 0 Å². The molecule has 6 aromatic rings. The molecule has 0 atom stereocenters. The predicted octanol–water partition coefficient (Wildman–Crippen LogP) is 5.66. The van der Waals surface area contributed by atoms with E-state index < -0.39 is 5.76 Å². The molecule has 3 heterocycles. The molecule has 0 saturated carbocycles. The van der Waals surface area contributed by atoms with Crippen molar-refractivity contribution >= 4 is 0 Å². The molecule has 10 nitrogen and oxygen atoms in total. The van der Waals surface area contributed by atoms with Crippen LogP contribution in [-0.2, 0) is 25.8 Å². The molecule has 0 radical (unpaired) electrons. The number of hydrogen-bond acceptors (Lipinski definition) is 8. The summed E-state index contributed by atoms with van der Waals surface area (Å²) in [6.45, 7) is 4.27. The molecule has 11 heteroatoms. The van der Waals surface area contributed by atoms with Crippen molar-refractivity contribution in [2.45, 2.75) is 52.5 Å². The van der Waals surface area contributed by atoms with Gasteiger partial charge in [-0.25, -0.2) is 14.2 Å². The molecule has 228 valence electrons. The third kappa shape index (κ3) is 6.72. The largest absolute Gasteiger partial charge is 0.439 e. The van der Waals surface area contributed by atoms with E-state index in [0.29, 0.717) is 48.2 Å². The van der Waals surface area contributed by atoms with Crippen molar-refractivity contribution < 1.29 is 13.4 Å². The second kappa shape index (κ2) is 13.0. The van der Waals surface area contributed by atoms with Crippen molar-refractivity contribution in [2.75, 3.05) is 0 Å². The normalized spacial score (nSPS) is 11.3. The van der Waals surface area contributed by atoms with Crippen molar-refractivity contribution in [1.29, 1.82) is 0 Å². The first-order chi connectivity index (χ1) is 21.9. The van der Waals surface area contributed by atoms with E-state index in [2.05, 4.69) is 27.2 Å². The van der Waals surface area contributed by atoms with Gasteiger partial charge < -0.3 is 4.52 Å². The minimum Gasteiger partial charge on any atom is -0.339 e. The van der Waals surface area contributed by atoms with Gasteiger partial charge in [-0.3, -0.25) is 18.9 Å². The highest BCUT2D eigenvalue weighted by molar-refractivity contribution is 5.80. The molecular formula is C34H31FN6O4. The molecule has 1 N–H and O–H groups in total. The number of aromatic nitrogens is 6. The number of nitrogens with zero attached hydrogens (tertiary/aromatic N) is 5. The molecule has 0 aliphatic heterocycles. The lowest BCUT2D eigenvalue weighted by molar-refractivity contribution is 0.379. The number of benzene rings is 3. The Hall–Kier alpha value is -5.45. The van der Waals surface area contributed by atoms with Crippen molar-refractivity contribution in [1.82, 2.24) is 29.8 Å². The second-order valence-electron chi connectivity index (χ2n) is 10.9. The predicted molar refractivity (Wildman–Crippen MR) is 165 cm³/mol. The van der Waals surface area contributed by atoms with E-state index in [4.69, 9.17) is 14.0 Å². The quantitative estimate of drug-likeness (QED) is 0.200. The number of hydrogen-bond donors (Lipinski definition) is 1. The first-order valence-corrected chi connectivity index (χ1v) is 14.8. The number of rotatable bonds is 11. The van der Waals surface area contributed by atoms with Crippen LogP contribution in [-0.4, -0.2) is 29.8 Å². The fourth-order valence-corrected chi connectivity index (χ4v) is 5.32. The molecule has 0 bridgehead atoms. The van der Waals surface area contributed by atoms with Crippen molar-refractivity contribution in [2.24, 2.45) is 0 Å². The third-order valence-electron chi connectivity index (χ3n) is 7.62. The molecule has 0 aliphatic carbocycles. The van der Waals surface area contributed by atoms with Gasteiger partial charge in [0.05, 0.1) is 13.0 Å². The Morgan fingerprint density at radius 1 is 0.867 bits per heavy atom. The average molecular weight is 607 g/mol. The maximum Gasteiger partial charge on any atom is 0.439 e. The lowest BCUT2D eigenvalue weighted by atomic mass is 9.98. The Balaban J connectivity index is 1.27. The molecule has 0 fully saturated rings. The molecule has 45 heavy (non-hydrogen) atoms. The summed E-state index contributed by atoms with van der Waals surface area (Å²) >= 11 is 0. The van der Waals surface area contributed by atoms with Gasteiger partial charge >= 0.3 is 5.76 Å². The van der Waals surface area contributed by atoms with Gasteiger partial charge in [0, 0.05) is 29.7 Å². The lowest BCUT2D eigenvalue weighted by Gasteiger charge is -2.16. The Labute approximate surface area is 257 Å². The lowest BCUT2D eigenvalue weighted by Crippen LogP contribution is -2.30. The summed E-state index contributed by atoms with van der Waals surface area (Å²) in [5, 5.41) is 7.88. The highest BCUT2D eigenvalue weighted by Crippen LogP contribution is 2.30. The summed E-state index contributed by atoms with van der Waals surface area (Å²) in [7, 11) is 0. The van der Waals surface area contributed by atoms with E-state index >= 15 is 0 Å². The van der Waals surface area contributed by atoms with Crippen molar-refractivity contribution in [3.05, 3.63) is 139 Å². The summed E-state index contributed by atoms with van der Waals surface area (Å²) in [6, 6.07) is 21.7. The number of unbranched alkanes of at least 4 members (excludes halogenated alkanes) is 1. The molecular weight excluding hydrogens is 575 g/mol. The van der Waals surface area contributed by atoms with Gasteiger partial charge in [0.15, 0.2) is 11.6 Å². The number of nitrogens with one attached hydrogen (secondary N) is 1. The number of halogens is 1. The van der Waals surface area contributed by atoms with Crippen LogP contribution < -0.4 is 11.3 Å². The van der Waals surface area contributed by atoms with Gasteiger partial charge in [0.2, 0.25) is 5.89 Å². The minimum absolute atomic E-state index is 0.141. The maximum absolute atomic E-state index is 14.0. The summed E-state index contributed by atoms with van der Waals surface area (Å²) in [6.07, 6.45) is 3.00. The average Bonchev–Trinajstić information content (AvgIpc) is 3.68. The zero-order chi connectivity index (χ0) is 31.3. The summed E-state index contributed by atoms with van der Waals surface area (Å²) in [4.78, 5) is 37.4. The van der Waals surface area contributed by atoms with Gasteiger partial charge in [-0.2, -0.15) is 4.98 Å².